The Hall–Kier alpha value is -3.53. The van der Waals surface area contributed by atoms with Gasteiger partial charge < -0.3 is 5.32 Å². The molecule has 2 amide bonds. The number of para-hydroxylation sites is 1. The summed E-state index contributed by atoms with van der Waals surface area (Å²) in [5, 5.41) is 13.2. The lowest BCUT2D eigenvalue weighted by atomic mass is 10.1. The van der Waals surface area contributed by atoms with E-state index in [9.17, 15) is 14.9 Å². The molecule has 3 aromatic carbocycles. The number of aryl methyl sites for hydroxylation is 1. The lowest BCUT2D eigenvalue weighted by molar-refractivity contribution is -0.117. The maximum Gasteiger partial charge on any atom is 0.269 e. The Kier molecular flexibility index (Phi) is 8.48. The summed E-state index contributed by atoms with van der Waals surface area (Å²) in [5.74, 6) is -0.740. The summed E-state index contributed by atoms with van der Waals surface area (Å²) in [4.78, 5) is 28.2. The van der Waals surface area contributed by atoms with E-state index in [0.29, 0.717) is 27.8 Å². The van der Waals surface area contributed by atoms with E-state index >= 15 is 0 Å². The molecule has 1 heterocycles. The van der Waals surface area contributed by atoms with Gasteiger partial charge in [-0.2, -0.15) is 5.26 Å². The van der Waals surface area contributed by atoms with Gasteiger partial charge in [-0.05, 0) is 60.7 Å². The van der Waals surface area contributed by atoms with Crippen molar-refractivity contribution in [2.45, 2.75) is 37.9 Å². The highest BCUT2D eigenvalue weighted by molar-refractivity contribution is 8.05. The van der Waals surface area contributed by atoms with Crippen LogP contribution in [-0.4, -0.2) is 17.1 Å². The molecule has 4 rings (SSSR count). The van der Waals surface area contributed by atoms with Crippen LogP contribution in [-0.2, 0) is 22.4 Å². The van der Waals surface area contributed by atoms with Gasteiger partial charge in [0, 0.05) is 16.4 Å². The number of nitrogens with one attached hydrogen (secondary N) is 1. The monoisotopic (exact) mass is 515 g/mol. The van der Waals surface area contributed by atoms with Crippen LogP contribution in [0.25, 0.3) is 0 Å². The standard InChI is InChI=1S/C29H26ClN3O2S/c1-2-3-9-20-14-16-22(17-15-20)32-27(34)24(19-31)29-33(23-11-5-4-6-12-23)28(35)26(36-29)18-21-10-7-8-13-25(21)30/h4-8,10-17,26H,2-3,9,18H2,1H3,(H,32,34)/b29-24-. The number of anilines is 2. The number of nitrogens with zero attached hydrogens (tertiary/aromatic N) is 2. The van der Waals surface area contributed by atoms with Gasteiger partial charge in [-0.1, -0.05) is 85.2 Å². The molecule has 0 spiro atoms. The second-order valence-corrected chi connectivity index (χ2v) is 10.1. The number of unbranched alkanes of at least 4 members (excludes halogenated alkanes) is 1. The van der Waals surface area contributed by atoms with Crippen LogP contribution in [0.15, 0.2) is 89.5 Å². The third-order valence-electron chi connectivity index (χ3n) is 5.91. The quantitative estimate of drug-likeness (QED) is 0.266. The number of thioether (sulfide) groups is 1. The Morgan fingerprint density at radius 2 is 1.75 bits per heavy atom. The molecular weight excluding hydrogens is 490 g/mol. The molecule has 1 aliphatic heterocycles. The van der Waals surface area contributed by atoms with Gasteiger partial charge in [0.15, 0.2) is 0 Å². The molecule has 1 N–H and O–H groups in total. The molecule has 0 bridgehead atoms. The minimum absolute atomic E-state index is 0.103. The smallest absolute Gasteiger partial charge is 0.269 e. The van der Waals surface area contributed by atoms with Gasteiger partial charge in [-0.25, -0.2) is 0 Å². The molecule has 1 saturated heterocycles. The number of hydrogen-bond acceptors (Lipinski definition) is 4. The van der Waals surface area contributed by atoms with Crippen LogP contribution >= 0.6 is 23.4 Å². The molecule has 0 saturated carbocycles. The predicted molar refractivity (Wildman–Crippen MR) is 147 cm³/mol. The molecule has 1 unspecified atom stereocenters. The SMILES string of the molecule is CCCCc1ccc(NC(=O)/C(C#N)=C2\SC(Cc3ccccc3Cl)C(=O)N2c2ccccc2)cc1. The van der Waals surface area contributed by atoms with Crippen molar-refractivity contribution in [3.8, 4) is 6.07 Å². The molecule has 1 aliphatic rings. The molecule has 1 atom stereocenters. The topological polar surface area (TPSA) is 73.2 Å². The molecule has 182 valence electrons. The van der Waals surface area contributed by atoms with Gasteiger partial charge in [0.05, 0.1) is 5.25 Å². The average Bonchev–Trinajstić information content (AvgIpc) is 3.21. The first-order valence-corrected chi connectivity index (χ1v) is 13.1. The average molecular weight is 516 g/mol. The molecule has 0 aromatic heterocycles. The highest BCUT2D eigenvalue weighted by atomic mass is 35.5. The first-order valence-electron chi connectivity index (χ1n) is 11.9. The number of benzene rings is 3. The Balaban J connectivity index is 1.64. The number of amides is 2. The van der Waals surface area contributed by atoms with Crippen molar-refractivity contribution < 1.29 is 9.59 Å². The Bertz CT molecular complexity index is 1320. The van der Waals surface area contributed by atoms with Crippen molar-refractivity contribution in [1.29, 1.82) is 5.26 Å². The van der Waals surface area contributed by atoms with Gasteiger partial charge in [-0.3, -0.25) is 14.5 Å². The van der Waals surface area contributed by atoms with Crippen LogP contribution < -0.4 is 10.2 Å². The summed E-state index contributed by atoms with van der Waals surface area (Å²) >= 11 is 7.57. The van der Waals surface area contributed by atoms with Crippen molar-refractivity contribution in [3.63, 3.8) is 0 Å². The fraction of sp³-hybridized carbons (Fsp3) is 0.207. The van der Waals surface area contributed by atoms with Crippen molar-refractivity contribution in [2.24, 2.45) is 0 Å². The first kappa shape index (κ1) is 25.6. The zero-order valence-electron chi connectivity index (χ0n) is 19.9. The third kappa shape index (κ3) is 5.81. The lowest BCUT2D eigenvalue weighted by Crippen LogP contribution is -2.30. The second-order valence-electron chi connectivity index (χ2n) is 8.46. The summed E-state index contributed by atoms with van der Waals surface area (Å²) in [5.41, 5.74) is 3.14. The minimum atomic E-state index is -0.548. The van der Waals surface area contributed by atoms with Crippen LogP contribution in [0.5, 0.6) is 0 Å². The number of carbonyl (C=O) groups is 2. The Labute approximate surface area is 220 Å². The van der Waals surface area contributed by atoms with Crippen molar-refractivity contribution in [2.75, 3.05) is 10.2 Å². The van der Waals surface area contributed by atoms with Crippen LogP contribution in [0.4, 0.5) is 11.4 Å². The van der Waals surface area contributed by atoms with E-state index in [2.05, 4.69) is 12.2 Å². The number of hydrogen-bond donors (Lipinski definition) is 1. The van der Waals surface area contributed by atoms with Gasteiger partial charge >= 0.3 is 0 Å². The van der Waals surface area contributed by atoms with Crippen LogP contribution in [0.1, 0.15) is 30.9 Å². The number of nitriles is 1. The molecule has 7 heteroatoms. The number of rotatable bonds is 8. The third-order valence-corrected chi connectivity index (χ3v) is 7.55. The minimum Gasteiger partial charge on any atom is -0.321 e. The van der Waals surface area contributed by atoms with E-state index in [4.69, 9.17) is 11.6 Å². The largest absolute Gasteiger partial charge is 0.321 e. The summed E-state index contributed by atoms with van der Waals surface area (Å²) in [6.45, 7) is 2.15. The summed E-state index contributed by atoms with van der Waals surface area (Å²) < 4.78 is 0. The number of halogens is 1. The lowest BCUT2D eigenvalue weighted by Gasteiger charge is -2.18. The van der Waals surface area contributed by atoms with E-state index < -0.39 is 11.2 Å². The zero-order valence-corrected chi connectivity index (χ0v) is 21.5. The molecule has 0 aliphatic carbocycles. The molecule has 3 aromatic rings. The second kappa shape index (κ2) is 11.9. The van der Waals surface area contributed by atoms with E-state index in [1.165, 1.54) is 22.2 Å². The Morgan fingerprint density at radius 1 is 1.06 bits per heavy atom. The molecule has 1 fully saturated rings. The highest BCUT2D eigenvalue weighted by Crippen LogP contribution is 2.42. The maximum atomic E-state index is 13.5. The van der Waals surface area contributed by atoms with Crippen molar-refractivity contribution in [1.82, 2.24) is 0 Å². The fourth-order valence-electron chi connectivity index (χ4n) is 3.99. The van der Waals surface area contributed by atoms with Gasteiger partial charge in [-0.15, -0.1) is 0 Å². The molecule has 36 heavy (non-hydrogen) atoms. The normalized spacial score (nSPS) is 16.5. The van der Waals surface area contributed by atoms with Crippen LogP contribution in [0.3, 0.4) is 0 Å². The maximum absolute atomic E-state index is 13.5. The number of carbonyl (C=O) groups excluding carboxylic acids is 2. The molecule has 5 nitrogen and oxygen atoms in total. The highest BCUT2D eigenvalue weighted by Gasteiger charge is 2.41. The van der Waals surface area contributed by atoms with E-state index in [1.54, 1.807) is 18.2 Å². The van der Waals surface area contributed by atoms with Gasteiger partial charge in [0.2, 0.25) is 5.91 Å². The Morgan fingerprint density at radius 3 is 2.42 bits per heavy atom. The first-order chi connectivity index (χ1) is 17.5. The summed E-state index contributed by atoms with van der Waals surface area (Å²) in [6, 6.07) is 26.1. The molecule has 0 radical (unpaired) electrons. The van der Waals surface area contributed by atoms with Crippen LogP contribution in [0.2, 0.25) is 5.02 Å². The van der Waals surface area contributed by atoms with E-state index in [-0.39, 0.29) is 11.5 Å². The predicted octanol–water partition coefficient (Wildman–Crippen LogP) is 6.75. The molecular formula is C29H26ClN3O2S. The van der Waals surface area contributed by atoms with E-state index in [1.807, 2.05) is 66.7 Å². The van der Waals surface area contributed by atoms with Crippen molar-refractivity contribution in [3.05, 3.63) is 106 Å². The van der Waals surface area contributed by atoms with Gasteiger partial charge in [0.25, 0.3) is 5.91 Å². The zero-order chi connectivity index (χ0) is 25.5. The fourth-order valence-corrected chi connectivity index (χ4v) is 5.50. The van der Waals surface area contributed by atoms with Gasteiger partial charge in [0.1, 0.15) is 16.7 Å². The van der Waals surface area contributed by atoms with Crippen LogP contribution in [0, 0.1) is 11.3 Å². The summed E-state index contributed by atoms with van der Waals surface area (Å²) in [6.07, 6.45) is 3.58. The van der Waals surface area contributed by atoms with Crippen molar-refractivity contribution >= 4 is 46.6 Å². The summed E-state index contributed by atoms with van der Waals surface area (Å²) in [7, 11) is 0. The van der Waals surface area contributed by atoms with E-state index in [0.717, 1.165) is 24.8 Å².